The van der Waals surface area contributed by atoms with E-state index in [0.29, 0.717) is 36.8 Å². The van der Waals surface area contributed by atoms with Gasteiger partial charge in [0.15, 0.2) is 0 Å². The quantitative estimate of drug-likeness (QED) is 0.896. The molecule has 2 atom stereocenters. The third kappa shape index (κ3) is 4.03. The number of carbonyl (C=O) groups is 1. The molecule has 2 aliphatic rings. The number of hydrogen-bond acceptors (Lipinski definition) is 3. The Morgan fingerprint density at radius 2 is 2.30 bits per heavy atom. The molecule has 4 nitrogen and oxygen atoms in total. The van der Waals surface area contributed by atoms with Crippen LogP contribution in [0.25, 0.3) is 0 Å². The highest BCUT2D eigenvalue weighted by atomic mass is 35.5. The maximum Gasteiger partial charge on any atom is 0.223 e. The third-order valence-electron chi connectivity index (χ3n) is 4.46. The Bertz CT molecular complexity index is 559. The smallest absolute Gasteiger partial charge is 0.223 e. The topological polar surface area (TPSA) is 41.6 Å². The first kappa shape index (κ1) is 16.7. The number of benzene rings is 1. The fraction of sp³-hybridized carbons (Fsp3) is 0.588. The lowest BCUT2D eigenvalue weighted by molar-refractivity contribution is -0.122. The zero-order chi connectivity index (χ0) is 16.4. The second kappa shape index (κ2) is 7.16. The molecule has 1 heterocycles. The predicted molar refractivity (Wildman–Crippen MR) is 86.9 cm³/mol. The molecule has 0 aromatic heterocycles. The van der Waals surface area contributed by atoms with E-state index in [1.807, 2.05) is 6.92 Å². The van der Waals surface area contributed by atoms with Gasteiger partial charge in [-0.1, -0.05) is 17.7 Å². The Kier molecular flexibility index (Phi) is 5.19. The van der Waals surface area contributed by atoms with Crippen LogP contribution < -0.4 is 5.32 Å². The van der Waals surface area contributed by atoms with Crippen molar-refractivity contribution in [2.75, 3.05) is 26.2 Å². The Hall–Kier alpha value is -1.17. The van der Waals surface area contributed by atoms with Gasteiger partial charge >= 0.3 is 0 Å². The number of halogens is 2. The molecule has 0 unspecified atom stereocenters. The van der Waals surface area contributed by atoms with Crippen molar-refractivity contribution < 1.29 is 13.9 Å². The number of hydrogen-bond donors (Lipinski definition) is 1. The van der Waals surface area contributed by atoms with Crippen molar-refractivity contribution in [3.8, 4) is 0 Å². The van der Waals surface area contributed by atoms with E-state index in [1.54, 1.807) is 12.1 Å². The molecule has 1 N–H and O–H groups in total. The van der Waals surface area contributed by atoms with Crippen molar-refractivity contribution in [2.24, 2.45) is 5.92 Å². The second-order valence-corrected chi connectivity index (χ2v) is 6.75. The van der Waals surface area contributed by atoms with E-state index in [-0.39, 0.29) is 29.8 Å². The summed E-state index contributed by atoms with van der Waals surface area (Å²) in [6.45, 7) is 4.34. The minimum absolute atomic E-state index is 0.0590. The average molecular weight is 341 g/mol. The fourth-order valence-corrected chi connectivity index (χ4v) is 3.35. The molecule has 2 fully saturated rings. The number of nitrogens with one attached hydrogen (secondary N) is 1. The van der Waals surface area contributed by atoms with Crippen LogP contribution in [0.1, 0.15) is 31.4 Å². The highest BCUT2D eigenvalue weighted by Crippen LogP contribution is 2.32. The second-order valence-electron chi connectivity index (χ2n) is 6.35. The summed E-state index contributed by atoms with van der Waals surface area (Å²) in [5, 5.41) is 3.36. The SMILES string of the molecule is C[C@H]1CN([C@H](CNC(=O)C2CC2)c2c(F)cccc2Cl)CCO1. The summed E-state index contributed by atoms with van der Waals surface area (Å²) in [7, 11) is 0. The van der Waals surface area contributed by atoms with Gasteiger partial charge in [0.05, 0.1) is 18.8 Å². The van der Waals surface area contributed by atoms with Crippen LogP contribution in [0.15, 0.2) is 18.2 Å². The fourth-order valence-electron chi connectivity index (χ4n) is 3.06. The molecule has 1 saturated heterocycles. The maximum absolute atomic E-state index is 14.4. The van der Waals surface area contributed by atoms with Crippen LogP contribution in [0.3, 0.4) is 0 Å². The highest BCUT2D eigenvalue weighted by Gasteiger charge is 2.33. The van der Waals surface area contributed by atoms with E-state index in [4.69, 9.17) is 16.3 Å². The Morgan fingerprint density at radius 3 is 2.96 bits per heavy atom. The van der Waals surface area contributed by atoms with Crippen LogP contribution in [0.2, 0.25) is 5.02 Å². The summed E-state index contributed by atoms with van der Waals surface area (Å²) < 4.78 is 20.0. The number of rotatable bonds is 5. The van der Waals surface area contributed by atoms with Gasteiger partial charge in [-0.3, -0.25) is 9.69 Å². The zero-order valence-corrected chi connectivity index (χ0v) is 14.0. The molecule has 6 heteroatoms. The first-order chi connectivity index (χ1) is 11.1. The zero-order valence-electron chi connectivity index (χ0n) is 13.2. The standard InChI is InChI=1S/C17H22ClFN2O2/c1-11-10-21(7-8-23-11)15(9-20-17(22)12-5-6-12)16-13(18)3-2-4-14(16)19/h2-4,11-12,15H,5-10H2,1H3,(H,20,22)/t11-,15+/m0/s1. The third-order valence-corrected chi connectivity index (χ3v) is 4.79. The molecule has 23 heavy (non-hydrogen) atoms. The normalized spacial score (nSPS) is 23.5. The molecule has 1 aromatic rings. The van der Waals surface area contributed by atoms with Crippen LogP contribution in [0.4, 0.5) is 4.39 Å². The van der Waals surface area contributed by atoms with Gasteiger partial charge in [-0.15, -0.1) is 0 Å². The summed E-state index contributed by atoms with van der Waals surface area (Å²) in [5.74, 6) is -0.138. The van der Waals surface area contributed by atoms with Crippen LogP contribution in [-0.2, 0) is 9.53 Å². The van der Waals surface area contributed by atoms with Gasteiger partial charge in [-0.05, 0) is 31.9 Å². The lowest BCUT2D eigenvalue weighted by Crippen LogP contribution is -2.47. The molecule has 0 spiro atoms. The predicted octanol–water partition coefficient (Wildman–Crippen LogP) is 2.77. The summed E-state index contributed by atoms with van der Waals surface area (Å²) in [5.41, 5.74) is 0.458. The summed E-state index contributed by atoms with van der Waals surface area (Å²) >= 11 is 6.26. The molecule has 3 rings (SSSR count). The molecule has 0 radical (unpaired) electrons. The van der Waals surface area contributed by atoms with E-state index in [2.05, 4.69) is 10.2 Å². The van der Waals surface area contributed by atoms with Gasteiger partial charge in [-0.25, -0.2) is 4.39 Å². The number of amides is 1. The number of ether oxygens (including phenoxy) is 1. The maximum atomic E-state index is 14.4. The number of morpholine rings is 1. The van der Waals surface area contributed by atoms with Crippen molar-refractivity contribution in [3.05, 3.63) is 34.6 Å². The summed E-state index contributed by atoms with van der Waals surface area (Å²) in [6.07, 6.45) is 1.98. The van der Waals surface area contributed by atoms with Crippen molar-refractivity contribution >= 4 is 17.5 Å². The first-order valence-corrected chi connectivity index (χ1v) is 8.51. The van der Waals surface area contributed by atoms with Gasteiger partial charge < -0.3 is 10.1 Å². The monoisotopic (exact) mass is 340 g/mol. The van der Waals surface area contributed by atoms with Gasteiger partial charge in [0, 0.05) is 36.1 Å². The molecular weight excluding hydrogens is 319 g/mol. The molecular formula is C17H22ClFN2O2. The molecule has 1 aliphatic carbocycles. The van der Waals surface area contributed by atoms with Crippen molar-refractivity contribution in [2.45, 2.75) is 31.9 Å². The number of nitrogens with zero attached hydrogens (tertiary/aromatic N) is 1. The van der Waals surface area contributed by atoms with E-state index >= 15 is 0 Å². The van der Waals surface area contributed by atoms with Gasteiger partial charge in [0.2, 0.25) is 5.91 Å². The van der Waals surface area contributed by atoms with Crippen molar-refractivity contribution in [3.63, 3.8) is 0 Å². The molecule has 1 saturated carbocycles. The lowest BCUT2D eigenvalue weighted by atomic mass is 10.0. The minimum atomic E-state index is -0.331. The highest BCUT2D eigenvalue weighted by molar-refractivity contribution is 6.31. The average Bonchev–Trinajstić information content (AvgIpc) is 3.34. The van der Waals surface area contributed by atoms with Crippen LogP contribution in [0, 0.1) is 11.7 Å². The van der Waals surface area contributed by atoms with Crippen LogP contribution in [0.5, 0.6) is 0 Å². The first-order valence-electron chi connectivity index (χ1n) is 8.13. The van der Waals surface area contributed by atoms with Crippen molar-refractivity contribution in [1.82, 2.24) is 10.2 Å². The minimum Gasteiger partial charge on any atom is -0.376 e. The Labute approximate surface area is 140 Å². The molecule has 0 bridgehead atoms. The number of carbonyl (C=O) groups excluding carboxylic acids is 1. The van der Waals surface area contributed by atoms with Gasteiger partial charge in [0.1, 0.15) is 5.82 Å². The molecule has 1 aliphatic heterocycles. The molecule has 1 aromatic carbocycles. The summed E-state index contributed by atoms with van der Waals surface area (Å²) in [6, 6.07) is 4.43. The van der Waals surface area contributed by atoms with Crippen molar-refractivity contribution in [1.29, 1.82) is 0 Å². The Morgan fingerprint density at radius 1 is 1.52 bits per heavy atom. The van der Waals surface area contributed by atoms with Crippen LogP contribution >= 0.6 is 11.6 Å². The summed E-state index contributed by atoms with van der Waals surface area (Å²) in [4.78, 5) is 14.1. The van der Waals surface area contributed by atoms with Gasteiger partial charge in [0.25, 0.3) is 0 Å². The van der Waals surface area contributed by atoms with E-state index in [9.17, 15) is 9.18 Å². The van der Waals surface area contributed by atoms with Crippen LogP contribution in [-0.4, -0.2) is 43.2 Å². The molecule has 126 valence electrons. The largest absolute Gasteiger partial charge is 0.376 e. The van der Waals surface area contributed by atoms with E-state index in [1.165, 1.54) is 6.07 Å². The Balaban J connectivity index is 1.81. The van der Waals surface area contributed by atoms with E-state index in [0.717, 1.165) is 12.8 Å². The van der Waals surface area contributed by atoms with E-state index < -0.39 is 0 Å². The molecule has 1 amide bonds. The lowest BCUT2D eigenvalue weighted by Gasteiger charge is -2.38. The van der Waals surface area contributed by atoms with Gasteiger partial charge in [-0.2, -0.15) is 0 Å².